The molecule has 4 aromatic rings. The first-order valence-corrected chi connectivity index (χ1v) is 10.2. The number of methoxy groups -OCH3 is 2. The van der Waals surface area contributed by atoms with Crippen molar-refractivity contribution in [2.45, 2.75) is 13.1 Å². The third kappa shape index (κ3) is 3.56. The minimum absolute atomic E-state index is 0.106. The second-order valence-corrected chi connectivity index (χ2v) is 7.59. The van der Waals surface area contributed by atoms with Gasteiger partial charge in [0.15, 0.2) is 11.5 Å². The van der Waals surface area contributed by atoms with Crippen molar-refractivity contribution in [1.29, 1.82) is 0 Å². The van der Waals surface area contributed by atoms with Crippen LogP contribution in [0.4, 0.5) is 0 Å². The summed E-state index contributed by atoms with van der Waals surface area (Å²) in [5.74, 6) is 1.89. The van der Waals surface area contributed by atoms with E-state index in [1.165, 1.54) is 6.26 Å². The average Bonchev–Trinajstić information content (AvgIpc) is 2.84. The Morgan fingerprint density at radius 2 is 1.97 bits per heavy atom. The molecule has 1 aliphatic heterocycles. The first-order chi connectivity index (χ1) is 15.7. The maximum atomic E-state index is 13.3. The number of nitrogens with zero attached hydrogens (tertiary/aromatic N) is 2. The lowest BCUT2D eigenvalue weighted by Gasteiger charge is -2.29. The van der Waals surface area contributed by atoms with Crippen molar-refractivity contribution in [3.63, 3.8) is 0 Å². The fraction of sp³-hybridized carbons (Fsp3) is 0.200. The van der Waals surface area contributed by atoms with E-state index in [-0.39, 0.29) is 5.43 Å². The number of pyridine rings is 1. The van der Waals surface area contributed by atoms with Gasteiger partial charge >= 0.3 is 0 Å². The van der Waals surface area contributed by atoms with Crippen LogP contribution in [0.15, 0.2) is 70.3 Å². The number of hydrogen-bond donors (Lipinski definition) is 0. The quantitative estimate of drug-likeness (QED) is 0.469. The summed E-state index contributed by atoms with van der Waals surface area (Å²) in [5, 5.41) is 0.517. The molecular weight excluding hydrogens is 408 g/mol. The Labute approximate surface area is 184 Å². The molecule has 0 bridgehead atoms. The van der Waals surface area contributed by atoms with E-state index < -0.39 is 0 Å². The topological polar surface area (TPSA) is 74.0 Å². The summed E-state index contributed by atoms with van der Waals surface area (Å²) in [6.07, 6.45) is 5.10. The summed E-state index contributed by atoms with van der Waals surface area (Å²) in [6, 6.07) is 12.9. The fourth-order valence-corrected chi connectivity index (χ4v) is 4.01. The third-order valence-electron chi connectivity index (χ3n) is 5.61. The number of benzene rings is 2. The van der Waals surface area contributed by atoms with Gasteiger partial charge in [0.05, 0.1) is 30.7 Å². The zero-order valence-corrected chi connectivity index (χ0v) is 17.8. The van der Waals surface area contributed by atoms with Crippen molar-refractivity contribution in [3.8, 4) is 28.4 Å². The first kappa shape index (κ1) is 20.1. The lowest BCUT2D eigenvalue weighted by atomic mass is 10.0. The largest absolute Gasteiger partial charge is 0.493 e. The molecule has 2 aromatic heterocycles. The fourth-order valence-electron chi connectivity index (χ4n) is 4.01. The van der Waals surface area contributed by atoms with Crippen LogP contribution in [0.5, 0.6) is 17.2 Å². The van der Waals surface area contributed by atoms with Crippen molar-refractivity contribution in [2.24, 2.45) is 0 Å². The molecule has 0 aliphatic carbocycles. The Bertz CT molecular complexity index is 1330. The summed E-state index contributed by atoms with van der Waals surface area (Å²) >= 11 is 0. The summed E-state index contributed by atoms with van der Waals surface area (Å²) < 4.78 is 22.6. The molecule has 0 unspecified atom stereocenters. The molecule has 5 rings (SSSR count). The van der Waals surface area contributed by atoms with Gasteiger partial charge in [-0.1, -0.05) is 12.1 Å². The molecule has 0 spiro atoms. The van der Waals surface area contributed by atoms with Crippen LogP contribution in [-0.4, -0.2) is 30.8 Å². The van der Waals surface area contributed by atoms with Gasteiger partial charge < -0.3 is 18.6 Å². The van der Waals surface area contributed by atoms with Gasteiger partial charge in [-0.25, -0.2) is 0 Å². The number of aromatic nitrogens is 1. The molecule has 2 aromatic carbocycles. The number of rotatable bonds is 5. The molecule has 0 atom stereocenters. The molecule has 7 nitrogen and oxygen atoms in total. The van der Waals surface area contributed by atoms with Crippen LogP contribution in [0.25, 0.3) is 22.1 Å². The van der Waals surface area contributed by atoms with Crippen LogP contribution in [0.1, 0.15) is 11.1 Å². The molecule has 0 amide bonds. The van der Waals surface area contributed by atoms with Gasteiger partial charge in [-0.2, -0.15) is 0 Å². The molecule has 7 heteroatoms. The molecular formula is C25H22N2O5. The highest BCUT2D eigenvalue weighted by molar-refractivity contribution is 5.86. The van der Waals surface area contributed by atoms with Gasteiger partial charge in [-0.05, 0) is 41.5 Å². The third-order valence-corrected chi connectivity index (χ3v) is 5.61. The zero-order valence-electron chi connectivity index (χ0n) is 17.8. The van der Waals surface area contributed by atoms with Crippen molar-refractivity contribution < 1.29 is 18.6 Å². The predicted molar refractivity (Wildman–Crippen MR) is 120 cm³/mol. The maximum Gasteiger partial charge on any atom is 0.200 e. The molecule has 0 saturated carbocycles. The standard InChI is InChI=1S/C25H22N2O5/c1-29-22-7-5-17(10-23(22)30-2)20-14-31-25-18(24(20)28)6-8-21-19(25)13-27(15-32-21)12-16-4-3-9-26-11-16/h3-11,14H,12-13,15H2,1-2H3. The predicted octanol–water partition coefficient (Wildman–Crippen LogP) is 4.22. The Morgan fingerprint density at radius 3 is 2.75 bits per heavy atom. The van der Waals surface area contributed by atoms with Gasteiger partial charge in [0.25, 0.3) is 0 Å². The smallest absolute Gasteiger partial charge is 0.200 e. The van der Waals surface area contributed by atoms with Crippen LogP contribution in [0.3, 0.4) is 0 Å². The molecule has 162 valence electrons. The van der Waals surface area contributed by atoms with E-state index in [9.17, 15) is 4.79 Å². The van der Waals surface area contributed by atoms with Crippen LogP contribution >= 0.6 is 0 Å². The van der Waals surface area contributed by atoms with Crippen molar-refractivity contribution >= 4 is 11.0 Å². The van der Waals surface area contributed by atoms with E-state index in [2.05, 4.69) is 9.88 Å². The summed E-state index contributed by atoms with van der Waals surface area (Å²) in [4.78, 5) is 19.7. The van der Waals surface area contributed by atoms with Gasteiger partial charge in [-0.3, -0.25) is 14.7 Å². The van der Waals surface area contributed by atoms with Crippen LogP contribution in [-0.2, 0) is 13.1 Å². The molecule has 0 saturated heterocycles. The van der Waals surface area contributed by atoms with Crippen molar-refractivity contribution in [3.05, 3.63) is 82.5 Å². The van der Waals surface area contributed by atoms with E-state index in [0.29, 0.717) is 53.4 Å². The SMILES string of the molecule is COc1ccc(-c2coc3c4c(ccc3c2=O)OCN(Cc2cccnc2)C4)cc1OC. The summed E-state index contributed by atoms with van der Waals surface area (Å²) in [7, 11) is 3.14. The monoisotopic (exact) mass is 430 g/mol. The van der Waals surface area contributed by atoms with E-state index in [1.54, 1.807) is 38.6 Å². The lowest BCUT2D eigenvalue weighted by molar-refractivity contribution is 0.0889. The Balaban J connectivity index is 1.53. The van der Waals surface area contributed by atoms with Crippen LogP contribution < -0.4 is 19.6 Å². The number of hydrogen-bond acceptors (Lipinski definition) is 7. The van der Waals surface area contributed by atoms with E-state index in [4.69, 9.17) is 18.6 Å². The highest BCUT2D eigenvalue weighted by Gasteiger charge is 2.23. The van der Waals surface area contributed by atoms with Crippen molar-refractivity contribution in [1.82, 2.24) is 9.88 Å². The number of ether oxygens (including phenoxy) is 3. The van der Waals surface area contributed by atoms with Crippen LogP contribution in [0, 0.1) is 0 Å². The summed E-state index contributed by atoms with van der Waals surface area (Å²) in [5.41, 5.74) is 3.57. The van der Waals surface area contributed by atoms with Gasteiger partial charge in [0.2, 0.25) is 5.43 Å². The Kier molecular flexibility index (Phi) is 5.25. The highest BCUT2D eigenvalue weighted by Crippen LogP contribution is 2.35. The van der Waals surface area contributed by atoms with E-state index in [0.717, 1.165) is 16.9 Å². The lowest BCUT2D eigenvalue weighted by Crippen LogP contribution is -2.31. The molecule has 0 N–H and O–H groups in total. The molecule has 0 fully saturated rings. The van der Waals surface area contributed by atoms with Gasteiger partial charge in [0.1, 0.15) is 24.3 Å². The summed E-state index contributed by atoms with van der Waals surface area (Å²) in [6.45, 7) is 1.76. The Morgan fingerprint density at radius 1 is 1.09 bits per heavy atom. The second kappa shape index (κ2) is 8.36. The van der Waals surface area contributed by atoms with E-state index >= 15 is 0 Å². The number of fused-ring (bicyclic) bond motifs is 3. The Hall–Kier alpha value is -3.84. The molecule has 32 heavy (non-hydrogen) atoms. The first-order valence-electron chi connectivity index (χ1n) is 10.2. The van der Waals surface area contributed by atoms with Gasteiger partial charge in [-0.15, -0.1) is 0 Å². The highest BCUT2D eigenvalue weighted by atomic mass is 16.5. The minimum Gasteiger partial charge on any atom is -0.493 e. The molecule has 1 aliphatic rings. The average molecular weight is 430 g/mol. The second-order valence-electron chi connectivity index (χ2n) is 7.59. The maximum absolute atomic E-state index is 13.3. The van der Waals surface area contributed by atoms with Gasteiger partial charge in [0, 0.05) is 25.5 Å². The van der Waals surface area contributed by atoms with Crippen LogP contribution in [0.2, 0.25) is 0 Å². The molecule has 3 heterocycles. The van der Waals surface area contributed by atoms with E-state index in [1.807, 2.05) is 30.5 Å². The minimum atomic E-state index is -0.106. The molecule has 0 radical (unpaired) electrons. The normalized spacial score (nSPS) is 13.4. The zero-order chi connectivity index (χ0) is 22.1. The van der Waals surface area contributed by atoms with Crippen molar-refractivity contribution in [2.75, 3.05) is 21.0 Å².